The monoisotopic (exact) mass is 836 g/mol. The molecule has 0 radical (unpaired) electrons. The number of carboxylic acids is 1. The van der Waals surface area contributed by atoms with Crippen LogP contribution in [0.3, 0.4) is 0 Å². The van der Waals surface area contributed by atoms with E-state index in [2.05, 4.69) is 36.6 Å². The summed E-state index contributed by atoms with van der Waals surface area (Å²) < 4.78 is 0. The van der Waals surface area contributed by atoms with E-state index in [9.17, 15) is 39.0 Å². The van der Waals surface area contributed by atoms with Crippen LogP contribution in [0, 0.1) is 0 Å². The summed E-state index contributed by atoms with van der Waals surface area (Å²) in [5.41, 5.74) is 30.1. The predicted molar refractivity (Wildman–Crippen MR) is 226 cm³/mol. The Balaban J connectivity index is 1.80. The Morgan fingerprint density at radius 3 is 1.95 bits per heavy atom. The van der Waals surface area contributed by atoms with E-state index in [0.717, 1.165) is 10.9 Å². The Kier molecular flexibility index (Phi) is 20.3. The maximum atomic E-state index is 13.8. The highest BCUT2D eigenvalue weighted by Gasteiger charge is 2.30. The number of unbranched alkanes of at least 4 members (excludes halogenated alkanes) is 2. The highest BCUT2D eigenvalue weighted by atomic mass is 16.4. The van der Waals surface area contributed by atoms with Crippen LogP contribution in [0.25, 0.3) is 10.9 Å². The molecule has 0 fully saturated rings. The van der Waals surface area contributed by atoms with Crippen molar-refractivity contribution in [1.29, 1.82) is 0 Å². The highest BCUT2D eigenvalue weighted by Crippen LogP contribution is 2.19. The number of hydrogen-bond acceptors (Lipinski definition) is 11. The largest absolute Gasteiger partial charge is 0.508 e. The molecule has 0 aliphatic carbocycles. The fourth-order valence-electron chi connectivity index (χ4n) is 6.33. The summed E-state index contributed by atoms with van der Waals surface area (Å²) in [6, 6.07) is 7.40. The third-order valence-corrected chi connectivity index (χ3v) is 9.63. The average molecular weight is 837 g/mol. The van der Waals surface area contributed by atoms with E-state index in [-0.39, 0.29) is 50.4 Å². The van der Waals surface area contributed by atoms with Gasteiger partial charge in [-0.15, -0.1) is 0 Å². The molecule has 0 unspecified atom stereocenters. The number of nitrogens with two attached hydrogens (primary N) is 5. The molecule has 0 aliphatic rings. The van der Waals surface area contributed by atoms with Crippen LogP contribution in [-0.2, 0) is 41.6 Å². The number of aliphatic carboxylic acids is 1. The van der Waals surface area contributed by atoms with Gasteiger partial charge in [-0.25, -0.2) is 4.79 Å². The number of phenols is 1. The number of amides is 5. The molecule has 5 amide bonds. The first-order chi connectivity index (χ1) is 28.7. The quantitative estimate of drug-likeness (QED) is 0.0235. The number of fused-ring (bicyclic) bond motifs is 1. The molecule has 60 heavy (non-hydrogen) atoms. The number of aromatic nitrogens is 1. The van der Waals surface area contributed by atoms with Crippen molar-refractivity contribution in [2.45, 2.75) is 94.4 Å². The number of aliphatic imine (C=N–C) groups is 1. The predicted octanol–water partition coefficient (Wildman–Crippen LogP) is -1.56. The Morgan fingerprint density at radius 1 is 0.683 bits per heavy atom. The molecule has 1 heterocycles. The molecular formula is C40H60N12O8. The molecule has 0 saturated heterocycles. The van der Waals surface area contributed by atoms with Gasteiger partial charge in [0, 0.05) is 36.5 Å². The molecule has 0 saturated carbocycles. The maximum Gasteiger partial charge on any atom is 0.326 e. The number of carboxylic acid groups (broad SMARTS) is 1. The van der Waals surface area contributed by atoms with Gasteiger partial charge in [-0.05, 0) is 87.4 Å². The molecule has 0 spiro atoms. The third kappa shape index (κ3) is 16.5. The summed E-state index contributed by atoms with van der Waals surface area (Å²) in [6.07, 6.45) is 4.68. The fourth-order valence-corrected chi connectivity index (χ4v) is 6.33. The van der Waals surface area contributed by atoms with Crippen molar-refractivity contribution in [3.63, 3.8) is 0 Å². The van der Waals surface area contributed by atoms with Crippen molar-refractivity contribution < 1.29 is 39.0 Å². The van der Waals surface area contributed by atoms with Crippen molar-refractivity contribution in [3.8, 4) is 5.75 Å². The Bertz CT molecular complexity index is 1900. The first kappa shape index (κ1) is 48.1. The van der Waals surface area contributed by atoms with Crippen LogP contribution >= 0.6 is 0 Å². The first-order valence-corrected chi connectivity index (χ1v) is 20.0. The summed E-state index contributed by atoms with van der Waals surface area (Å²) in [7, 11) is 0. The van der Waals surface area contributed by atoms with Crippen LogP contribution in [0.4, 0.5) is 0 Å². The number of nitrogens with one attached hydrogen (secondary N) is 6. The molecule has 0 aliphatic heterocycles. The van der Waals surface area contributed by atoms with Crippen molar-refractivity contribution in [3.05, 3.63) is 65.9 Å². The molecule has 5 atom stereocenters. The van der Waals surface area contributed by atoms with Gasteiger partial charge in [0.25, 0.3) is 0 Å². The molecule has 20 nitrogen and oxygen atoms in total. The van der Waals surface area contributed by atoms with E-state index in [1.54, 1.807) is 18.3 Å². The lowest BCUT2D eigenvalue weighted by molar-refractivity contribution is -0.142. The Morgan fingerprint density at radius 2 is 1.28 bits per heavy atom. The molecule has 18 N–H and O–H groups in total. The van der Waals surface area contributed by atoms with E-state index >= 15 is 0 Å². The van der Waals surface area contributed by atoms with Gasteiger partial charge in [-0.3, -0.25) is 29.0 Å². The van der Waals surface area contributed by atoms with E-state index < -0.39 is 72.3 Å². The fraction of sp³-hybridized carbons (Fsp3) is 0.475. The lowest BCUT2D eigenvalue weighted by Gasteiger charge is -2.25. The van der Waals surface area contributed by atoms with Gasteiger partial charge in [0.05, 0.1) is 12.6 Å². The van der Waals surface area contributed by atoms with E-state index in [0.29, 0.717) is 56.3 Å². The average Bonchev–Trinajstić information content (AvgIpc) is 3.63. The molecule has 1 aromatic heterocycles. The van der Waals surface area contributed by atoms with Gasteiger partial charge in [0.15, 0.2) is 5.96 Å². The minimum atomic E-state index is -1.29. The first-order valence-electron chi connectivity index (χ1n) is 20.0. The van der Waals surface area contributed by atoms with Crippen LogP contribution in [0.1, 0.15) is 62.5 Å². The van der Waals surface area contributed by atoms with Gasteiger partial charge in [0.1, 0.15) is 29.9 Å². The summed E-state index contributed by atoms with van der Waals surface area (Å²) in [5.74, 6) is -5.02. The normalized spacial score (nSPS) is 13.5. The van der Waals surface area contributed by atoms with Crippen LogP contribution in [-0.4, -0.2) is 113 Å². The van der Waals surface area contributed by atoms with Gasteiger partial charge in [0.2, 0.25) is 29.5 Å². The van der Waals surface area contributed by atoms with Gasteiger partial charge in [-0.2, -0.15) is 0 Å². The van der Waals surface area contributed by atoms with Gasteiger partial charge >= 0.3 is 5.97 Å². The number of aromatic amines is 1. The Labute approximate surface area is 348 Å². The molecule has 3 rings (SSSR count). The van der Waals surface area contributed by atoms with E-state index in [1.165, 1.54) is 12.1 Å². The molecule has 3 aromatic rings. The third-order valence-electron chi connectivity index (χ3n) is 9.63. The smallest absolute Gasteiger partial charge is 0.326 e. The minimum absolute atomic E-state index is 0.0167. The van der Waals surface area contributed by atoms with Crippen LogP contribution in [0.5, 0.6) is 5.75 Å². The maximum absolute atomic E-state index is 13.8. The van der Waals surface area contributed by atoms with E-state index in [4.69, 9.17) is 28.7 Å². The SMILES string of the molecule is NCCCC[C@H](NC(=O)[C@H](Cc1c[nH]c2ccccc12)NC(=O)CNC(=O)[C@H](Cc1ccc(O)cc1)NC(=O)[C@H](CCCN=C(N)N)NC(=O)[C@@H](N)CCCCN)C(=O)O. The number of rotatable bonds is 27. The van der Waals surface area contributed by atoms with E-state index in [1.807, 2.05) is 24.3 Å². The van der Waals surface area contributed by atoms with Crippen LogP contribution < -0.4 is 55.3 Å². The Hall–Kier alpha value is -6.25. The second-order valence-corrected chi connectivity index (χ2v) is 14.4. The molecular weight excluding hydrogens is 777 g/mol. The minimum Gasteiger partial charge on any atom is -0.508 e. The molecule has 20 heteroatoms. The summed E-state index contributed by atoms with van der Waals surface area (Å²) in [5, 5.41) is 33.4. The standard InChI is InChI=1S/C40H60N12O8/c41-17-5-3-9-28(43)35(55)50-30(12-7-19-46-40(44)45)37(57)52-32(20-24-13-15-26(53)16-14-24)36(56)48-23-34(54)49-33(21-25-22-47-29-10-2-1-8-27(25)29)38(58)51-31(39(59)60)11-4-6-18-42/h1-2,8,10,13-16,22,28,30-33,47,53H,3-7,9,11-12,17-21,23,41-43H2,(H,48,56)(H,49,54)(H,50,55)(H,51,58)(H,52,57)(H,59,60)(H4,44,45,46)/t28-,30-,31-,32-,33-/m0/s1. The number of H-pyrrole nitrogens is 1. The van der Waals surface area contributed by atoms with Crippen molar-refractivity contribution in [2.75, 3.05) is 26.2 Å². The zero-order valence-corrected chi connectivity index (χ0v) is 33.7. The zero-order chi connectivity index (χ0) is 44.0. The molecule has 2 aromatic carbocycles. The van der Waals surface area contributed by atoms with Crippen molar-refractivity contribution in [2.24, 2.45) is 33.7 Å². The number of carbonyl (C=O) groups excluding carboxylic acids is 5. The molecule has 0 bridgehead atoms. The van der Waals surface area contributed by atoms with Crippen LogP contribution in [0.2, 0.25) is 0 Å². The second-order valence-electron chi connectivity index (χ2n) is 14.4. The number of nitrogens with zero attached hydrogens (tertiary/aromatic N) is 1. The lowest BCUT2D eigenvalue weighted by atomic mass is 10.0. The van der Waals surface area contributed by atoms with Gasteiger partial charge in [-0.1, -0.05) is 36.8 Å². The number of para-hydroxylation sites is 1. The number of carbonyl (C=O) groups is 6. The number of benzene rings is 2. The number of phenolic OH excluding ortho intramolecular Hbond substituents is 1. The van der Waals surface area contributed by atoms with Gasteiger partial charge < -0.3 is 70.4 Å². The lowest BCUT2D eigenvalue weighted by Crippen LogP contribution is -2.57. The zero-order valence-electron chi connectivity index (χ0n) is 33.7. The highest BCUT2D eigenvalue weighted by molar-refractivity contribution is 5.96. The van der Waals surface area contributed by atoms with Crippen molar-refractivity contribution in [1.82, 2.24) is 31.6 Å². The number of guanidine groups is 1. The number of aromatic hydroxyl groups is 1. The van der Waals surface area contributed by atoms with Crippen molar-refractivity contribution >= 4 is 52.4 Å². The topological polar surface area (TPSA) is 361 Å². The second kappa shape index (κ2) is 25.3. The summed E-state index contributed by atoms with van der Waals surface area (Å²) in [4.78, 5) is 86.8. The van der Waals surface area contributed by atoms with Crippen LogP contribution in [0.15, 0.2) is 59.7 Å². The summed E-state index contributed by atoms with van der Waals surface area (Å²) >= 11 is 0. The summed E-state index contributed by atoms with van der Waals surface area (Å²) in [6.45, 7) is 0.308. The number of hydrogen-bond donors (Lipinski definition) is 13. The molecule has 328 valence electrons.